The lowest BCUT2D eigenvalue weighted by atomic mass is 9.86. The molecular formula is C21H20FNO3S. The van der Waals surface area contributed by atoms with Gasteiger partial charge in [0.15, 0.2) is 0 Å². The van der Waals surface area contributed by atoms with Gasteiger partial charge in [0.1, 0.15) is 17.2 Å². The number of fused-ring (bicyclic) bond motifs is 4. The Balaban J connectivity index is 1.65. The second-order valence-corrected chi connectivity index (χ2v) is 9.44. The summed E-state index contributed by atoms with van der Waals surface area (Å²) in [5, 5.41) is 4.62. The third-order valence-corrected chi connectivity index (χ3v) is 7.66. The summed E-state index contributed by atoms with van der Waals surface area (Å²) >= 11 is 0. The normalized spacial score (nSPS) is 18.9. The van der Waals surface area contributed by atoms with Crippen molar-refractivity contribution in [2.24, 2.45) is 0 Å². The molecule has 2 heterocycles. The molecule has 0 bridgehead atoms. The molecule has 1 aliphatic heterocycles. The van der Waals surface area contributed by atoms with Gasteiger partial charge in [-0.3, -0.25) is 0 Å². The molecule has 1 fully saturated rings. The molecule has 0 saturated heterocycles. The van der Waals surface area contributed by atoms with Crippen molar-refractivity contribution < 1.29 is 17.2 Å². The zero-order valence-electron chi connectivity index (χ0n) is 14.8. The van der Waals surface area contributed by atoms with Crippen molar-refractivity contribution in [1.29, 1.82) is 0 Å². The minimum Gasteiger partial charge on any atom is -0.459 e. The van der Waals surface area contributed by atoms with E-state index in [1.54, 1.807) is 12.1 Å². The molecule has 140 valence electrons. The van der Waals surface area contributed by atoms with E-state index >= 15 is 0 Å². The van der Waals surface area contributed by atoms with E-state index in [2.05, 4.69) is 5.32 Å². The zero-order valence-corrected chi connectivity index (χ0v) is 15.6. The van der Waals surface area contributed by atoms with Gasteiger partial charge < -0.3 is 9.73 Å². The Kier molecular flexibility index (Phi) is 3.71. The second-order valence-electron chi connectivity index (χ2n) is 7.49. The van der Waals surface area contributed by atoms with Crippen molar-refractivity contribution in [3.8, 4) is 0 Å². The first-order valence-corrected chi connectivity index (χ1v) is 10.8. The van der Waals surface area contributed by atoms with Crippen LogP contribution in [-0.2, 0) is 21.8 Å². The standard InChI is InChI=1S/C21H20FNO3S/c22-14-4-3-5-15(12-14)27(24,25)16-6-7-17-18-8-11-23-21(9-1-2-10-21)20(18)26-19(17)13-16/h3-7,12-13,23H,1-2,8-11H2. The summed E-state index contributed by atoms with van der Waals surface area (Å²) in [5.74, 6) is 0.404. The first-order chi connectivity index (χ1) is 13.0. The lowest BCUT2D eigenvalue weighted by Gasteiger charge is -2.33. The second kappa shape index (κ2) is 5.91. The maximum Gasteiger partial charge on any atom is 0.206 e. The highest BCUT2D eigenvalue weighted by Gasteiger charge is 2.42. The van der Waals surface area contributed by atoms with Gasteiger partial charge in [0.05, 0.1) is 15.3 Å². The van der Waals surface area contributed by atoms with Crippen LogP contribution in [0.2, 0.25) is 0 Å². The number of furan rings is 1. The molecule has 1 spiro atoms. The monoisotopic (exact) mass is 385 g/mol. The van der Waals surface area contributed by atoms with Crippen LogP contribution >= 0.6 is 0 Å². The summed E-state index contributed by atoms with van der Waals surface area (Å²) in [6.07, 6.45) is 5.31. The highest BCUT2D eigenvalue weighted by Crippen LogP contribution is 2.45. The minimum atomic E-state index is -3.80. The van der Waals surface area contributed by atoms with Crippen molar-refractivity contribution in [2.75, 3.05) is 6.54 Å². The third-order valence-electron chi connectivity index (χ3n) is 5.91. The molecular weight excluding hydrogens is 365 g/mol. The van der Waals surface area contributed by atoms with Crippen molar-refractivity contribution in [1.82, 2.24) is 5.32 Å². The van der Waals surface area contributed by atoms with Crippen LogP contribution in [-0.4, -0.2) is 15.0 Å². The largest absolute Gasteiger partial charge is 0.459 e. The van der Waals surface area contributed by atoms with E-state index < -0.39 is 15.7 Å². The van der Waals surface area contributed by atoms with E-state index in [1.165, 1.54) is 36.6 Å². The Bertz CT molecular complexity index is 1140. The number of sulfone groups is 1. The van der Waals surface area contributed by atoms with Crippen molar-refractivity contribution >= 4 is 20.8 Å². The van der Waals surface area contributed by atoms with Gasteiger partial charge in [0, 0.05) is 23.6 Å². The highest BCUT2D eigenvalue weighted by atomic mass is 32.2. The average molecular weight is 385 g/mol. The quantitative estimate of drug-likeness (QED) is 0.714. The highest BCUT2D eigenvalue weighted by molar-refractivity contribution is 7.91. The molecule has 1 saturated carbocycles. The van der Waals surface area contributed by atoms with Crippen LogP contribution in [0.5, 0.6) is 0 Å². The first kappa shape index (κ1) is 17.0. The maximum atomic E-state index is 13.5. The fraction of sp³-hybridized carbons (Fsp3) is 0.333. The molecule has 2 aromatic carbocycles. The summed E-state index contributed by atoms with van der Waals surface area (Å²) in [6, 6.07) is 10.1. The average Bonchev–Trinajstić information content (AvgIpc) is 3.27. The molecule has 27 heavy (non-hydrogen) atoms. The summed E-state index contributed by atoms with van der Waals surface area (Å²) in [7, 11) is -3.80. The van der Waals surface area contributed by atoms with Gasteiger partial charge in [-0.2, -0.15) is 0 Å². The predicted molar refractivity (Wildman–Crippen MR) is 99.9 cm³/mol. The van der Waals surface area contributed by atoms with E-state index in [0.717, 1.165) is 43.0 Å². The molecule has 0 amide bonds. The van der Waals surface area contributed by atoms with Crippen LogP contribution in [0.1, 0.15) is 37.0 Å². The molecule has 0 radical (unpaired) electrons. The maximum absolute atomic E-state index is 13.5. The molecule has 0 unspecified atom stereocenters. The fourth-order valence-corrected chi connectivity index (χ4v) is 5.90. The van der Waals surface area contributed by atoms with Gasteiger partial charge in [-0.15, -0.1) is 0 Å². The minimum absolute atomic E-state index is 0.0490. The number of benzene rings is 2. The third kappa shape index (κ3) is 2.54. The summed E-state index contributed by atoms with van der Waals surface area (Å²) in [5.41, 5.74) is 1.68. The van der Waals surface area contributed by atoms with Crippen LogP contribution < -0.4 is 5.32 Å². The van der Waals surface area contributed by atoms with Crippen molar-refractivity contribution in [3.63, 3.8) is 0 Å². The summed E-state index contributed by atoms with van der Waals surface area (Å²) in [6.45, 7) is 0.908. The van der Waals surface area contributed by atoms with Crippen molar-refractivity contribution in [3.05, 3.63) is 59.6 Å². The van der Waals surface area contributed by atoms with Crippen LogP contribution in [0.3, 0.4) is 0 Å². The van der Waals surface area contributed by atoms with Crippen LogP contribution in [0.15, 0.2) is 56.7 Å². The molecule has 1 N–H and O–H groups in total. The molecule has 0 atom stereocenters. The molecule has 6 heteroatoms. The number of rotatable bonds is 2. The molecule has 4 nitrogen and oxygen atoms in total. The van der Waals surface area contributed by atoms with Gasteiger partial charge >= 0.3 is 0 Å². The first-order valence-electron chi connectivity index (χ1n) is 9.31. The lowest BCUT2D eigenvalue weighted by Crippen LogP contribution is -2.44. The van der Waals surface area contributed by atoms with Gasteiger partial charge in [-0.25, -0.2) is 12.8 Å². The smallest absolute Gasteiger partial charge is 0.206 e. The van der Waals surface area contributed by atoms with Gasteiger partial charge in [-0.05, 0) is 49.6 Å². The fourth-order valence-electron chi connectivity index (χ4n) is 4.59. The summed E-state index contributed by atoms with van der Waals surface area (Å²) in [4.78, 5) is 0.0761. The van der Waals surface area contributed by atoms with Crippen LogP contribution in [0.25, 0.3) is 11.0 Å². The zero-order chi connectivity index (χ0) is 18.6. The SMILES string of the molecule is O=S(=O)(c1cccc(F)c1)c1ccc2c3c(oc2c1)C1(CCCC1)NCC3. The van der Waals surface area contributed by atoms with E-state index in [-0.39, 0.29) is 15.3 Å². The number of hydrogen-bond donors (Lipinski definition) is 1. The number of hydrogen-bond acceptors (Lipinski definition) is 4. The van der Waals surface area contributed by atoms with E-state index in [1.807, 2.05) is 6.07 Å². The van der Waals surface area contributed by atoms with Crippen LogP contribution in [0, 0.1) is 5.82 Å². The van der Waals surface area contributed by atoms with Gasteiger partial charge in [-0.1, -0.05) is 18.9 Å². The van der Waals surface area contributed by atoms with Gasteiger partial charge in [0.25, 0.3) is 0 Å². The Morgan fingerprint density at radius 2 is 1.81 bits per heavy atom. The van der Waals surface area contributed by atoms with E-state index in [4.69, 9.17) is 4.42 Å². The Hall–Kier alpha value is -2.18. The van der Waals surface area contributed by atoms with Gasteiger partial charge in [0.2, 0.25) is 9.84 Å². The van der Waals surface area contributed by atoms with E-state index in [9.17, 15) is 12.8 Å². The molecule has 1 aliphatic carbocycles. The Morgan fingerprint density at radius 3 is 2.59 bits per heavy atom. The van der Waals surface area contributed by atoms with E-state index in [0.29, 0.717) is 5.58 Å². The Morgan fingerprint density at radius 1 is 1.04 bits per heavy atom. The Labute approximate surface area is 157 Å². The number of halogens is 1. The number of nitrogens with one attached hydrogen (secondary N) is 1. The topological polar surface area (TPSA) is 59.3 Å². The van der Waals surface area contributed by atoms with Crippen molar-refractivity contribution in [2.45, 2.75) is 47.4 Å². The summed E-state index contributed by atoms with van der Waals surface area (Å²) < 4.78 is 45.5. The molecule has 5 rings (SSSR count). The van der Waals surface area contributed by atoms with Crippen LogP contribution in [0.4, 0.5) is 4.39 Å². The lowest BCUT2D eigenvalue weighted by molar-refractivity contribution is 0.265. The molecule has 3 aromatic rings. The molecule has 2 aliphatic rings. The molecule has 1 aromatic heterocycles. The predicted octanol–water partition coefficient (Wildman–Crippen LogP) is 4.32.